The summed E-state index contributed by atoms with van der Waals surface area (Å²) >= 11 is 0. The second kappa shape index (κ2) is 3.31. The van der Waals surface area contributed by atoms with E-state index in [1.54, 1.807) is 6.26 Å². The topological polar surface area (TPSA) is 25.2 Å². The minimum absolute atomic E-state index is 0.448. The first-order valence-corrected chi connectivity index (χ1v) is 4.63. The number of piperidine rings is 1. The van der Waals surface area contributed by atoms with Crippen molar-refractivity contribution in [1.82, 2.24) is 5.32 Å². The zero-order valence-corrected chi connectivity index (χ0v) is 7.42. The lowest BCUT2D eigenvalue weighted by atomic mass is 9.93. The van der Waals surface area contributed by atoms with Gasteiger partial charge >= 0.3 is 0 Å². The Bertz CT molecular complexity index is 230. The summed E-state index contributed by atoms with van der Waals surface area (Å²) in [6, 6.07) is 4.45. The quantitative estimate of drug-likeness (QED) is 0.691. The number of rotatable bonds is 1. The van der Waals surface area contributed by atoms with Gasteiger partial charge in [0.05, 0.1) is 12.3 Å². The van der Waals surface area contributed by atoms with Gasteiger partial charge in [-0.3, -0.25) is 0 Å². The van der Waals surface area contributed by atoms with Gasteiger partial charge in [0, 0.05) is 0 Å². The number of hydrogen-bond donors (Lipinski definition) is 1. The maximum absolute atomic E-state index is 5.36. The number of furan rings is 1. The van der Waals surface area contributed by atoms with Crippen molar-refractivity contribution in [3.63, 3.8) is 0 Å². The molecule has 1 aliphatic rings. The van der Waals surface area contributed by atoms with E-state index in [2.05, 4.69) is 18.3 Å². The summed E-state index contributed by atoms with van der Waals surface area (Å²) < 4.78 is 5.36. The lowest BCUT2D eigenvalue weighted by Gasteiger charge is -2.26. The van der Waals surface area contributed by atoms with Crippen LogP contribution in [0.25, 0.3) is 0 Å². The van der Waals surface area contributed by atoms with E-state index in [0.29, 0.717) is 6.04 Å². The third kappa shape index (κ3) is 1.53. The van der Waals surface area contributed by atoms with Crippen LogP contribution in [-0.4, -0.2) is 6.54 Å². The van der Waals surface area contributed by atoms with Gasteiger partial charge < -0.3 is 9.73 Å². The van der Waals surface area contributed by atoms with Gasteiger partial charge in [-0.05, 0) is 37.4 Å². The lowest BCUT2D eigenvalue weighted by molar-refractivity contribution is 0.290. The van der Waals surface area contributed by atoms with Gasteiger partial charge in [0.1, 0.15) is 5.76 Å². The van der Waals surface area contributed by atoms with Crippen LogP contribution in [0.5, 0.6) is 0 Å². The zero-order valence-electron chi connectivity index (χ0n) is 7.42. The molecule has 0 amide bonds. The standard InChI is InChI=1S/C10H15NO/c1-8-4-5-11-9(7-8)10-3-2-6-12-10/h2-3,6,8-9,11H,4-5,7H2,1H3/t8-,9+/m0/s1. The van der Waals surface area contributed by atoms with E-state index in [1.165, 1.54) is 12.8 Å². The number of hydrogen-bond acceptors (Lipinski definition) is 2. The van der Waals surface area contributed by atoms with Crippen LogP contribution in [0, 0.1) is 5.92 Å². The average molecular weight is 165 g/mol. The van der Waals surface area contributed by atoms with Crippen LogP contribution in [0.15, 0.2) is 22.8 Å². The first-order chi connectivity index (χ1) is 5.86. The minimum atomic E-state index is 0.448. The summed E-state index contributed by atoms with van der Waals surface area (Å²) in [6.07, 6.45) is 4.24. The van der Waals surface area contributed by atoms with E-state index in [1.807, 2.05) is 6.07 Å². The van der Waals surface area contributed by atoms with Crippen molar-refractivity contribution in [2.75, 3.05) is 6.54 Å². The second-order valence-electron chi connectivity index (χ2n) is 3.65. The van der Waals surface area contributed by atoms with Crippen molar-refractivity contribution >= 4 is 0 Å². The highest BCUT2D eigenvalue weighted by Gasteiger charge is 2.21. The van der Waals surface area contributed by atoms with E-state index < -0.39 is 0 Å². The molecule has 1 saturated heterocycles. The molecule has 0 unspecified atom stereocenters. The van der Waals surface area contributed by atoms with Crippen molar-refractivity contribution in [3.05, 3.63) is 24.2 Å². The van der Waals surface area contributed by atoms with Crippen molar-refractivity contribution in [1.29, 1.82) is 0 Å². The molecular formula is C10H15NO. The Kier molecular flexibility index (Phi) is 2.17. The fraction of sp³-hybridized carbons (Fsp3) is 0.600. The predicted octanol–water partition coefficient (Wildman–Crippen LogP) is 2.34. The normalized spacial score (nSPS) is 30.4. The summed E-state index contributed by atoms with van der Waals surface area (Å²) in [5.41, 5.74) is 0. The summed E-state index contributed by atoms with van der Waals surface area (Å²) in [5.74, 6) is 1.91. The monoisotopic (exact) mass is 165 g/mol. The first kappa shape index (κ1) is 7.87. The molecule has 2 heterocycles. The Hall–Kier alpha value is -0.760. The molecule has 1 fully saturated rings. The molecule has 2 nitrogen and oxygen atoms in total. The summed E-state index contributed by atoms with van der Waals surface area (Å²) in [7, 11) is 0. The molecule has 2 rings (SSSR count). The second-order valence-corrected chi connectivity index (χ2v) is 3.65. The van der Waals surface area contributed by atoms with Crippen LogP contribution in [0.4, 0.5) is 0 Å². The van der Waals surface area contributed by atoms with Crippen LogP contribution in [0.2, 0.25) is 0 Å². The first-order valence-electron chi connectivity index (χ1n) is 4.63. The highest BCUT2D eigenvalue weighted by molar-refractivity contribution is 5.05. The highest BCUT2D eigenvalue weighted by atomic mass is 16.3. The van der Waals surface area contributed by atoms with E-state index >= 15 is 0 Å². The average Bonchev–Trinajstić information content (AvgIpc) is 2.56. The fourth-order valence-corrected chi connectivity index (χ4v) is 1.81. The zero-order chi connectivity index (χ0) is 8.39. The van der Waals surface area contributed by atoms with Crippen molar-refractivity contribution in [3.8, 4) is 0 Å². The van der Waals surface area contributed by atoms with Crippen LogP contribution in [0.3, 0.4) is 0 Å². The third-order valence-corrected chi connectivity index (χ3v) is 2.55. The minimum Gasteiger partial charge on any atom is -0.468 e. The summed E-state index contributed by atoms with van der Waals surface area (Å²) in [4.78, 5) is 0. The molecule has 0 radical (unpaired) electrons. The maximum Gasteiger partial charge on any atom is 0.120 e. The third-order valence-electron chi connectivity index (χ3n) is 2.55. The molecule has 12 heavy (non-hydrogen) atoms. The summed E-state index contributed by atoms with van der Waals surface area (Å²) in [6.45, 7) is 3.42. The Balaban J connectivity index is 2.04. The Morgan fingerprint density at radius 3 is 3.17 bits per heavy atom. The molecule has 0 bridgehead atoms. The lowest BCUT2D eigenvalue weighted by Crippen LogP contribution is -2.30. The van der Waals surface area contributed by atoms with Gasteiger partial charge in [-0.15, -0.1) is 0 Å². The van der Waals surface area contributed by atoms with E-state index in [4.69, 9.17) is 4.42 Å². The van der Waals surface area contributed by atoms with Crippen molar-refractivity contribution < 1.29 is 4.42 Å². The van der Waals surface area contributed by atoms with Gasteiger partial charge in [-0.1, -0.05) is 6.92 Å². The number of nitrogens with one attached hydrogen (secondary N) is 1. The van der Waals surface area contributed by atoms with Crippen molar-refractivity contribution in [2.45, 2.75) is 25.8 Å². The molecule has 66 valence electrons. The Morgan fingerprint density at radius 2 is 2.50 bits per heavy atom. The molecule has 1 aromatic heterocycles. The van der Waals surface area contributed by atoms with Crippen molar-refractivity contribution in [2.24, 2.45) is 5.92 Å². The molecule has 1 aliphatic heterocycles. The molecule has 0 saturated carbocycles. The van der Waals surface area contributed by atoms with Gasteiger partial charge in [0.25, 0.3) is 0 Å². The molecule has 1 N–H and O–H groups in total. The van der Waals surface area contributed by atoms with Gasteiger partial charge in [-0.2, -0.15) is 0 Å². The van der Waals surface area contributed by atoms with E-state index in [0.717, 1.165) is 18.2 Å². The molecule has 2 atom stereocenters. The maximum atomic E-state index is 5.36. The highest BCUT2D eigenvalue weighted by Crippen LogP contribution is 2.26. The largest absolute Gasteiger partial charge is 0.468 e. The molecule has 2 heteroatoms. The molecule has 1 aromatic rings. The molecule has 0 aliphatic carbocycles. The SMILES string of the molecule is C[C@H]1CCN[C@@H](c2ccco2)C1. The van der Waals surface area contributed by atoms with E-state index in [9.17, 15) is 0 Å². The van der Waals surface area contributed by atoms with Crippen LogP contribution >= 0.6 is 0 Å². The molecule has 0 aromatic carbocycles. The van der Waals surface area contributed by atoms with Crippen LogP contribution in [-0.2, 0) is 0 Å². The molecular weight excluding hydrogens is 150 g/mol. The van der Waals surface area contributed by atoms with Gasteiger partial charge in [-0.25, -0.2) is 0 Å². The van der Waals surface area contributed by atoms with Gasteiger partial charge in [0.15, 0.2) is 0 Å². The van der Waals surface area contributed by atoms with Gasteiger partial charge in [0.2, 0.25) is 0 Å². The fourth-order valence-electron chi connectivity index (χ4n) is 1.81. The smallest absolute Gasteiger partial charge is 0.120 e. The Morgan fingerprint density at radius 1 is 1.58 bits per heavy atom. The van der Waals surface area contributed by atoms with E-state index in [-0.39, 0.29) is 0 Å². The summed E-state index contributed by atoms with van der Waals surface area (Å²) in [5, 5.41) is 3.46. The Labute approximate surface area is 73.0 Å². The predicted molar refractivity (Wildman–Crippen MR) is 47.8 cm³/mol. The van der Waals surface area contributed by atoms with Crippen LogP contribution < -0.4 is 5.32 Å². The molecule has 0 spiro atoms. The van der Waals surface area contributed by atoms with Crippen LogP contribution in [0.1, 0.15) is 31.6 Å².